The summed E-state index contributed by atoms with van der Waals surface area (Å²) >= 11 is 0. The summed E-state index contributed by atoms with van der Waals surface area (Å²) in [5, 5.41) is 3.66. The highest BCUT2D eigenvalue weighted by molar-refractivity contribution is 5.21. The molecule has 2 rings (SSSR count). The average molecular weight is 235 g/mol. The lowest BCUT2D eigenvalue weighted by molar-refractivity contribution is 0.171. The Morgan fingerprint density at radius 2 is 2.35 bits per heavy atom. The Kier molecular flexibility index (Phi) is 3.34. The summed E-state index contributed by atoms with van der Waals surface area (Å²) in [7, 11) is 1.54. The maximum atomic E-state index is 11.5. The molecule has 0 atom stereocenters. The van der Waals surface area contributed by atoms with E-state index in [0.29, 0.717) is 12.4 Å². The predicted octanol–water partition coefficient (Wildman–Crippen LogP) is 0.734. The second-order valence-electron chi connectivity index (χ2n) is 3.69. The number of ether oxygens (including phenoxy) is 1. The minimum Gasteiger partial charge on any atom is -0.377 e. The van der Waals surface area contributed by atoms with Crippen molar-refractivity contribution in [2.24, 2.45) is 0 Å². The Morgan fingerprint density at radius 3 is 3.06 bits per heavy atom. The lowest BCUT2D eigenvalue weighted by Crippen LogP contribution is -2.18. The van der Waals surface area contributed by atoms with Crippen LogP contribution in [0.25, 0.3) is 0 Å². The first-order valence-corrected chi connectivity index (χ1v) is 5.16. The first-order valence-electron chi connectivity index (χ1n) is 5.16. The number of pyridine rings is 1. The molecular weight excluding hydrogens is 222 g/mol. The van der Waals surface area contributed by atoms with Gasteiger partial charge in [0.2, 0.25) is 0 Å². The van der Waals surface area contributed by atoms with Crippen molar-refractivity contribution in [2.45, 2.75) is 20.1 Å². The van der Waals surface area contributed by atoms with Crippen LogP contribution in [-0.4, -0.2) is 21.8 Å². The van der Waals surface area contributed by atoms with E-state index in [0.717, 1.165) is 11.1 Å². The highest BCUT2D eigenvalue weighted by Gasteiger charge is 2.11. The number of hydrogen-bond donors (Lipinski definition) is 0. The van der Waals surface area contributed by atoms with E-state index in [1.165, 1.54) is 4.57 Å². The van der Waals surface area contributed by atoms with Gasteiger partial charge < -0.3 is 4.74 Å². The van der Waals surface area contributed by atoms with E-state index in [2.05, 4.69) is 14.7 Å². The van der Waals surface area contributed by atoms with E-state index in [4.69, 9.17) is 4.74 Å². The van der Waals surface area contributed by atoms with Gasteiger partial charge in [0.15, 0.2) is 5.82 Å². The maximum absolute atomic E-state index is 11.5. The minimum absolute atomic E-state index is 0.241. The monoisotopic (exact) mass is 235 g/mol. The Morgan fingerprint density at radius 1 is 1.53 bits per heavy atom. The highest BCUT2D eigenvalue weighted by Crippen LogP contribution is 2.07. The lowest BCUT2D eigenvalue weighted by Gasteiger charge is -2.06. The van der Waals surface area contributed by atoms with Crippen molar-refractivity contribution in [1.82, 2.24) is 14.7 Å². The quantitative estimate of drug-likeness (QED) is 0.781. The van der Waals surface area contributed by atoms with Gasteiger partial charge in [-0.1, -0.05) is 5.16 Å². The number of aryl methyl sites for hydroxylation is 1. The summed E-state index contributed by atoms with van der Waals surface area (Å²) in [6.07, 6.45) is 3.44. The Bertz CT molecular complexity index is 559. The van der Waals surface area contributed by atoms with Crippen molar-refractivity contribution in [2.75, 3.05) is 7.11 Å². The molecule has 0 saturated heterocycles. The van der Waals surface area contributed by atoms with Gasteiger partial charge >= 0.3 is 5.76 Å². The fourth-order valence-corrected chi connectivity index (χ4v) is 1.52. The molecule has 2 heterocycles. The van der Waals surface area contributed by atoms with Crippen molar-refractivity contribution in [3.8, 4) is 0 Å². The number of hydrogen-bond acceptors (Lipinski definition) is 5. The highest BCUT2D eigenvalue weighted by atomic mass is 16.5. The van der Waals surface area contributed by atoms with E-state index < -0.39 is 5.76 Å². The summed E-state index contributed by atoms with van der Waals surface area (Å²) in [6.45, 7) is 2.59. The van der Waals surface area contributed by atoms with Gasteiger partial charge in [-0.2, -0.15) is 0 Å². The smallest absolute Gasteiger partial charge is 0.377 e. The van der Waals surface area contributed by atoms with Gasteiger partial charge in [-0.15, -0.1) is 0 Å². The normalized spacial score (nSPS) is 10.7. The van der Waals surface area contributed by atoms with E-state index in [1.54, 1.807) is 19.5 Å². The standard InChI is InChI=1S/C11H13N3O3/c1-8-3-4-12-5-9(8)6-14-10(7-16-2)13-17-11(14)15/h3-5H,6-7H2,1-2H3. The van der Waals surface area contributed by atoms with Gasteiger partial charge in [-0.05, 0) is 24.1 Å². The predicted molar refractivity (Wildman–Crippen MR) is 59.6 cm³/mol. The van der Waals surface area contributed by atoms with Gasteiger partial charge in [-0.3, -0.25) is 14.1 Å². The molecule has 2 aromatic heterocycles. The van der Waals surface area contributed by atoms with Crippen molar-refractivity contribution in [3.05, 3.63) is 46.0 Å². The fraction of sp³-hybridized carbons (Fsp3) is 0.364. The Balaban J connectivity index is 2.33. The summed E-state index contributed by atoms with van der Waals surface area (Å²) in [4.78, 5) is 15.5. The number of methoxy groups -OCH3 is 1. The van der Waals surface area contributed by atoms with Crippen molar-refractivity contribution in [1.29, 1.82) is 0 Å². The molecule has 0 amide bonds. The summed E-state index contributed by atoms with van der Waals surface area (Å²) in [5.74, 6) is -0.0129. The Hall–Kier alpha value is -1.95. The molecule has 0 bridgehead atoms. The number of nitrogens with zero attached hydrogens (tertiary/aromatic N) is 3. The molecule has 6 heteroatoms. The average Bonchev–Trinajstić information content (AvgIpc) is 2.65. The van der Waals surface area contributed by atoms with Crippen molar-refractivity contribution < 1.29 is 9.26 Å². The van der Waals surface area contributed by atoms with Crippen LogP contribution in [0.4, 0.5) is 0 Å². The SMILES string of the molecule is COCc1noc(=O)n1Cc1cnccc1C. The molecule has 0 spiro atoms. The van der Waals surface area contributed by atoms with Crippen molar-refractivity contribution in [3.63, 3.8) is 0 Å². The second kappa shape index (κ2) is 4.92. The van der Waals surface area contributed by atoms with Crippen LogP contribution in [0.15, 0.2) is 27.8 Å². The molecule has 0 fully saturated rings. The molecule has 0 N–H and O–H groups in total. The fourth-order valence-electron chi connectivity index (χ4n) is 1.52. The molecule has 0 aliphatic carbocycles. The van der Waals surface area contributed by atoms with Crippen LogP contribution in [0.1, 0.15) is 17.0 Å². The molecule has 17 heavy (non-hydrogen) atoms. The Labute approximate surface area is 97.8 Å². The van der Waals surface area contributed by atoms with E-state index in [-0.39, 0.29) is 6.61 Å². The van der Waals surface area contributed by atoms with Crippen LogP contribution >= 0.6 is 0 Å². The first kappa shape index (κ1) is 11.5. The lowest BCUT2D eigenvalue weighted by atomic mass is 10.1. The number of rotatable bonds is 4. The van der Waals surface area contributed by atoms with Gasteiger partial charge in [0.1, 0.15) is 6.61 Å². The van der Waals surface area contributed by atoms with Crippen LogP contribution in [0.2, 0.25) is 0 Å². The topological polar surface area (TPSA) is 70.2 Å². The van der Waals surface area contributed by atoms with Gasteiger partial charge in [0.25, 0.3) is 0 Å². The van der Waals surface area contributed by atoms with Crippen LogP contribution < -0.4 is 5.76 Å². The van der Waals surface area contributed by atoms with E-state index in [1.807, 2.05) is 13.0 Å². The van der Waals surface area contributed by atoms with Gasteiger partial charge in [0.05, 0.1) is 6.54 Å². The largest absolute Gasteiger partial charge is 0.441 e. The van der Waals surface area contributed by atoms with Crippen LogP contribution in [0.3, 0.4) is 0 Å². The molecule has 0 radical (unpaired) electrons. The third kappa shape index (κ3) is 2.42. The molecule has 0 aliphatic heterocycles. The zero-order valence-electron chi connectivity index (χ0n) is 9.71. The molecule has 2 aromatic rings. The summed E-state index contributed by atoms with van der Waals surface area (Å²) in [5.41, 5.74) is 2.02. The zero-order chi connectivity index (χ0) is 12.3. The molecule has 0 aromatic carbocycles. The molecule has 0 aliphatic rings. The van der Waals surface area contributed by atoms with Crippen LogP contribution in [0, 0.1) is 6.92 Å². The number of aromatic nitrogens is 3. The van der Waals surface area contributed by atoms with Gasteiger partial charge in [-0.25, -0.2) is 4.79 Å². The molecule has 0 unspecified atom stereocenters. The van der Waals surface area contributed by atoms with Gasteiger partial charge in [0, 0.05) is 19.5 Å². The summed E-state index contributed by atoms with van der Waals surface area (Å²) in [6, 6.07) is 1.89. The van der Waals surface area contributed by atoms with E-state index in [9.17, 15) is 4.79 Å². The molecular formula is C11H13N3O3. The van der Waals surface area contributed by atoms with Crippen LogP contribution in [0.5, 0.6) is 0 Å². The first-order chi connectivity index (χ1) is 8.22. The molecule has 6 nitrogen and oxygen atoms in total. The van der Waals surface area contributed by atoms with Crippen molar-refractivity contribution >= 4 is 0 Å². The zero-order valence-corrected chi connectivity index (χ0v) is 9.71. The molecule has 0 saturated carbocycles. The van der Waals surface area contributed by atoms with E-state index >= 15 is 0 Å². The summed E-state index contributed by atoms with van der Waals surface area (Å²) < 4.78 is 11.0. The maximum Gasteiger partial charge on any atom is 0.441 e. The molecule has 90 valence electrons. The third-order valence-corrected chi connectivity index (χ3v) is 2.51. The second-order valence-corrected chi connectivity index (χ2v) is 3.69. The minimum atomic E-state index is -0.486. The van der Waals surface area contributed by atoms with Crippen LogP contribution in [-0.2, 0) is 17.9 Å². The third-order valence-electron chi connectivity index (χ3n) is 2.51.